The van der Waals surface area contributed by atoms with E-state index in [1.54, 1.807) is 12.1 Å². The van der Waals surface area contributed by atoms with Crippen LogP contribution in [-0.4, -0.2) is 47.5 Å². The van der Waals surface area contributed by atoms with Gasteiger partial charge >= 0.3 is 0 Å². The van der Waals surface area contributed by atoms with Gasteiger partial charge in [-0.05, 0) is 42.0 Å². The van der Waals surface area contributed by atoms with E-state index < -0.39 is 35.0 Å². The Morgan fingerprint density at radius 3 is 2.26 bits per heavy atom. The number of amides is 2. The van der Waals surface area contributed by atoms with Gasteiger partial charge in [0.05, 0.1) is 24.4 Å². The van der Waals surface area contributed by atoms with Crippen LogP contribution < -0.4 is 4.74 Å². The maximum Gasteiger partial charge on any atom is 0.233 e. The van der Waals surface area contributed by atoms with Crippen LogP contribution >= 0.6 is 0 Å². The van der Waals surface area contributed by atoms with Crippen molar-refractivity contribution in [2.24, 2.45) is 23.7 Å². The Kier molecular flexibility index (Phi) is 6.24. The molecule has 43 heavy (non-hydrogen) atoms. The summed E-state index contributed by atoms with van der Waals surface area (Å²) < 4.78 is 5.36. The van der Waals surface area contributed by atoms with Crippen molar-refractivity contribution >= 4 is 29.0 Å². The number of Topliss-reactive ketones (excluding diaryl/α,β-unsaturated/α-hetero) is 1. The summed E-state index contributed by atoms with van der Waals surface area (Å²) in [6, 6.07) is 23.5. The topological polar surface area (TPSA) is 101 Å². The molecular weight excluding hydrogens is 542 g/mol. The third kappa shape index (κ3) is 3.73. The minimum absolute atomic E-state index is 0.0638. The smallest absolute Gasteiger partial charge is 0.233 e. The lowest BCUT2D eigenvalue weighted by Crippen LogP contribution is -2.58. The molecule has 7 nitrogen and oxygen atoms in total. The molecule has 1 heterocycles. The molecule has 2 fully saturated rings. The highest BCUT2D eigenvalue weighted by Crippen LogP contribution is 2.64. The van der Waals surface area contributed by atoms with Crippen LogP contribution in [0.4, 0.5) is 0 Å². The molecule has 2 amide bonds. The molecule has 1 saturated heterocycles. The highest BCUT2D eigenvalue weighted by atomic mass is 16.5. The molecular formula is C36H31NO6. The highest BCUT2D eigenvalue weighted by Gasteiger charge is 2.65. The van der Waals surface area contributed by atoms with Crippen molar-refractivity contribution < 1.29 is 29.0 Å². The van der Waals surface area contributed by atoms with E-state index in [0.29, 0.717) is 34.4 Å². The fourth-order valence-electron chi connectivity index (χ4n) is 8.27. The molecule has 0 spiro atoms. The number of ketones is 2. The lowest BCUT2D eigenvalue weighted by Gasteiger charge is -2.55. The lowest BCUT2D eigenvalue weighted by molar-refractivity contribution is -0.139. The van der Waals surface area contributed by atoms with Gasteiger partial charge in [0.15, 0.2) is 11.6 Å². The van der Waals surface area contributed by atoms with Gasteiger partial charge in [0.2, 0.25) is 11.8 Å². The minimum Gasteiger partial charge on any atom is -0.508 e. The number of methoxy groups -OCH3 is 1. The van der Waals surface area contributed by atoms with Crippen molar-refractivity contribution in [3.63, 3.8) is 0 Å². The van der Waals surface area contributed by atoms with Crippen LogP contribution in [0, 0.1) is 23.7 Å². The summed E-state index contributed by atoms with van der Waals surface area (Å²) in [4.78, 5) is 57.5. The number of fused-ring (bicyclic) bond motifs is 4. The Morgan fingerprint density at radius 2 is 1.58 bits per heavy atom. The van der Waals surface area contributed by atoms with Gasteiger partial charge in [-0.15, -0.1) is 0 Å². The van der Waals surface area contributed by atoms with Gasteiger partial charge in [-0.25, -0.2) is 0 Å². The van der Waals surface area contributed by atoms with Crippen LogP contribution in [0.1, 0.15) is 35.4 Å². The molecule has 0 bridgehead atoms. The lowest BCUT2D eigenvalue weighted by atomic mass is 9.44. The number of carbonyl (C=O) groups is 4. The molecule has 216 valence electrons. The second kappa shape index (κ2) is 9.90. The first-order valence-corrected chi connectivity index (χ1v) is 14.6. The van der Waals surface area contributed by atoms with Crippen LogP contribution in [-0.2, 0) is 24.6 Å². The van der Waals surface area contributed by atoms with E-state index >= 15 is 0 Å². The largest absolute Gasteiger partial charge is 0.508 e. The number of aromatic hydroxyl groups is 1. The molecule has 3 aliphatic carbocycles. The average Bonchev–Trinajstić information content (AvgIpc) is 3.26. The zero-order chi connectivity index (χ0) is 30.0. The van der Waals surface area contributed by atoms with E-state index in [1.165, 1.54) is 31.2 Å². The van der Waals surface area contributed by atoms with Gasteiger partial charge in [-0.2, -0.15) is 0 Å². The Bertz CT molecular complexity index is 1740. The number of phenolic OH excluding ortho intramolecular Hbond substituents is 1. The number of benzene rings is 3. The quantitative estimate of drug-likeness (QED) is 0.354. The van der Waals surface area contributed by atoms with E-state index in [2.05, 4.69) is 0 Å². The second-order valence-electron chi connectivity index (χ2n) is 11.9. The van der Waals surface area contributed by atoms with Crippen molar-refractivity contribution in [3.05, 3.63) is 113 Å². The molecule has 0 radical (unpaired) electrons. The minimum atomic E-state index is -1.38. The summed E-state index contributed by atoms with van der Waals surface area (Å²) in [7, 11) is 3.02. The predicted octanol–water partition coefficient (Wildman–Crippen LogP) is 4.86. The van der Waals surface area contributed by atoms with Gasteiger partial charge < -0.3 is 9.84 Å². The maximum atomic E-state index is 14.9. The van der Waals surface area contributed by atoms with Gasteiger partial charge in [-0.3, -0.25) is 24.1 Å². The summed E-state index contributed by atoms with van der Waals surface area (Å²) in [6.45, 7) is 0. The first-order valence-electron chi connectivity index (χ1n) is 14.6. The zero-order valence-corrected chi connectivity index (χ0v) is 23.9. The molecule has 3 aromatic carbocycles. The Labute approximate surface area is 249 Å². The molecule has 0 aromatic heterocycles. The third-order valence-corrected chi connectivity index (χ3v) is 10.1. The van der Waals surface area contributed by atoms with E-state index in [9.17, 15) is 24.3 Å². The number of nitrogens with zero attached hydrogens (tertiary/aromatic N) is 1. The van der Waals surface area contributed by atoms with E-state index in [0.717, 1.165) is 5.57 Å². The van der Waals surface area contributed by atoms with Gasteiger partial charge in [0, 0.05) is 36.1 Å². The van der Waals surface area contributed by atoms with Crippen molar-refractivity contribution in [3.8, 4) is 11.5 Å². The van der Waals surface area contributed by atoms with Crippen molar-refractivity contribution in [1.82, 2.24) is 4.90 Å². The molecule has 3 aromatic rings. The molecule has 1 saturated carbocycles. The number of hydrogen-bond acceptors (Lipinski definition) is 6. The number of phenols is 1. The van der Waals surface area contributed by atoms with Crippen LogP contribution in [0.2, 0.25) is 0 Å². The number of carbonyl (C=O) groups excluding carboxylic acids is 4. The fraction of sp³-hybridized carbons (Fsp3) is 0.278. The van der Waals surface area contributed by atoms with Gasteiger partial charge in [0.1, 0.15) is 11.5 Å². The first-order chi connectivity index (χ1) is 20.8. The van der Waals surface area contributed by atoms with E-state index in [1.807, 2.05) is 66.7 Å². The van der Waals surface area contributed by atoms with Crippen LogP contribution in [0.25, 0.3) is 5.57 Å². The summed E-state index contributed by atoms with van der Waals surface area (Å²) in [6.07, 6.45) is 4.04. The second-order valence-corrected chi connectivity index (χ2v) is 11.9. The van der Waals surface area contributed by atoms with Crippen molar-refractivity contribution in [2.75, 3.05) is 14.2 Å². The highest BCUT2D eigenvalue weighted by molar-refractivity contribution is 6.31. The van der Waals surface area contributed by atoms with Crippen LogP contribution in [0.15, 0.2) is 96.6 Å². The van der Waals surface area contributed by atoms with Crippen LogP contribution in [0.5, 0.6) is 11.5 Å². The first kappa shape index (κ1) is 27.1. The Balaban J connectivity index is 1.53. The summed E-state index contributed by atoms with van der Waals surface area (Å²) >= 11 is 0. The van der Waals surface area contributed by atoms with Gasteiger partial charge in [-0.1, -0.05) is 78.4 Å². The van der Waals surface area contributed by atoms with Crippen molar-refractivity contribution in [2.45, 2.75) is 24.2 Å². The fourth-order valence-corrected chi connectivity index (χ4v) is 8.27. The predicted molar refractivity (Wildman–Crippen MR) is 159 cm³/mol. The SMILES string of the molecule is COc1ccc([C@H]2C3=CC[C@@H]4C(=O)N(C)C(=O)[C@@H]4[C@@H]3C[C@H]3C(=O)C(c4ccccc4)=CC(=O)[C@@]23c2ccccc2)c(O)c1. The average molecular weight is 574 g/mol. The molecule has 7 heteroatoms. The number of allylic oxidation sites excluding steroid dienone is 4. The summed E-state index contributed by atoms with van der Waals surface area (Å²) in [5.74, 6) is -3.71. The zero-order valence-electron chi connectivity index (χ0n) is 23.9. The molecule has 4 aliphatic rings. The number of hydrogen-bond donors (Lipinski definition) is 1. The molecule has 0 unspecified atom stereocenters. The Hall–Kier alpha value is -4.78. The number of likely N-dealkylation sites (tertiary alicyclic amines) is 1. The van der Waals surface area contributed by atoms with E-state index in [4.69, 9.17) is 4.74 Å². The maximum absolute atomic E-state index is 14.9. The van der Waals surface area contributed by atoms with Crippen molar-refractivity contribution in [1.29, 1.82) is 0 Å². The summed E-state index contributed by atoms with van der Waals surface area (Å²) in [5, 5.41) is 11.5. The number of ether oxygens (including phenoxy) is 1. The number of imide groups is 1. The monoisotopic (exact) mass is 573 g/mol. The van der Waals surface area contributed by atoms with Crippen LogP contribution in [0.3, 0.4) is 0 Å². The molecule has 1 N–H and O–H groups in total. The molecule has 7 rings (SSSR count). The summed E-state index contributed by atoms with van der Waals surface area (Å²) in [5.41, 5.74) is 1.58. The number of rotatable bonds is 4. The van der Waals surface area contributed by atoms with Gasteiger partial charge in [0.25, 0.3) is 0 Å². The standard InChI is InChI=1S/C36H31NO6/c1-37-34(41)25-16-15-23-27(31(25)35(37)42)18-28-33(40)26(20-9-5-3-6-10-20)19-30(39)36(28,21-11-7-4-8-12-21)32(23)24-14-13-22(43-2)17-29(24)38/h3-15,17,19,25,27-28,31-32,38H,16,18H2,1-2H3/t25-,27+,28-,31-,32+,36-/m0/s1. The Morgan fingerprint density at radius 1 is 0.884 bits per heavy atom. The van der Waals surface area contributed by atoms with E-state index in [-0.39, 0.29) is 35.6 Å². The normalized spacial score (nSPS) is 29.8. The molecule has 6 atom stereocenters. The molecule has 1 aliphatic heterocycles. The third-order valence-electron chi connectivity index (χ3n) is 10.1.